The van der Waals surface area contributed by atoms with E-state index in [-0.39, 0.29) is 43.7 Å². The number of benzene rings is 1. The zero-order valence-electron chi connectivity index (χ0n) is 14.0. The molecule has 1 atom stereocenters. The number of halogens is 1. The van der Waals surface area contributed by atoms with Gasteiger partial charge in [-0.2, -0.15) is 0 Å². The summed E-state index contributed by atoms with van der Waals surface area (Å²) in [4.78, 5) is 26.9. The highest BCUT2D eigenvalue weighted by Gasteiger charge is 2.36. The highest BCUT2D eigenvalue weighted by atomic mass is 19.1. The predicted molar refractivity (Wildman–Crippen MR) is 85.5 cm³/mol. The molecule has 1 N–H and O–H groups in total. The molecule has 0 aliphatic carbocycles. The fourth-order valence-corrected chi connectivity index (χ4v) is 2.71. The van der Waals surface area contributed by atoms with Crippen LogP contribution in [0.4, 0.5) is 4.39 Å². The van der Waals surface area contributed by atoms with Gasteiger partial charge in [0.25, 0.3) is 0 Å². The summed E-state index contributed by atoms with van der Waals surface area (Å²) in [5.74, 6) is -0.823. The number of carbonyl (C=O) groups excluding carboxylic acids is 2. The summed E-state index contributed by atoms with van der Waals surface area (Å²) < 4.78 is 18.6. The molecule has 0 radical (unpaired) electrons. The SMILES string of the molecule is CC(=O)N1CCOC[C@](O)(CC(=O)N(C)Cc2cccc(F)c2)C1. The van der Waals surface area contributed by atoms with Gasteiger partial charge in [-0.25, -0.2) is 4.39 Å². The van der Waals surface area contributed by atoms with E-state index in [4.69, 9.17) is 4.74 Å². The van der Waals surface area contributed by atoms with E-state index >= 15 is 0 Å². The molecule has 7 heteroatoms. The van der Waals surface area contributed by atoms with E-state index in [9.17, 15) is 19.1 Å². The van der Waals surface area contributed by atoms with Gasteiger partial charge in [-0.3, -0.25) is 9.59 Å². The Morgan fingerprint density at radius 1 is 1.46 bits per heavy atom. The Kier molecular flexibility index (Phi) is 5.90. The molecule has 132 valence electrons. The first-order valence-corrected chi connectivity index (χ1v) is 7.83. The van der Waals surface area contributed by atoms with Gasteiger partial charge in [0.05, 0.1) is 26.2 Å². The van der Waals surface area contributed by atoms with Crippen LogP contribution in [0.2, 0.25) is 0 Å². The average Bonchev–Trinajstić information content (AvgIpc) is 2.69. The number of β-amino-alcohol motifs (C(OH)–C–C–N with tert-alkyl or cyclic N) is 1. The first-order valence-electron chi connectivity index (χ1n) is 7.83. The zero-order valence-corrected chi connectivity index (χ0v) is 14.0. The molecule has 0 spiro atoms. The Morgan fingerprint density at radius 2 is 2.21 bits per heavy atom. The number of ether oxygens (including phenoxy) is 1. The van der Waals surface area contributed by atoms with Crippen LogP contribution in [0.5, 0.6) is 0 Å². The van der Waals surface area contributed by atoms with Crippen LogP contribution in [-0.2, 0) is 20.9 Å². The Balaban J connectivity index is 1.99. The van der Waals surface area contributed by atoms with Crippen LogP contribution in [0.1, 0.15) is 18.9 Å². The molecule has 0 bridgehead atoms. The van der Waals surface area contributed by atoms with E-state index in [1.165, 1.54) is 28.9 Å². The Morgan fingerprint density at radius 3 is 2.88 bits per heavy atom. The third-order valence-corrected chi connectivity index (χ3v) is 4.02. The first-order chi connectivity index (χ1) is 11.3. The van der Waals surface area contributed by atoms with Gasteiger partial charge < -0.3 is 19.6 Å². The molecule has 6 nitrogen and oxygen atoms in total. The summed E-state index contributed by atoms with van der Waals surface area (Å²) in [6, 6.07) is 6.02. The van der Waals surface area contributed by atoms with Gasteiger partial charge in [0.1, 0.15) is 11.4 Å². The van der Waals surface area contributed by atoms with E-state index in [1.54, 1.807) is 19.2 Å². The lowest BCUT2D eigenvalue weighted by Gasteiger charge is -2.31. The Bertz CT molecular complexity index is 610. The van der Waals surface area contributed by atoms with Crippen LogP contribution in [0, 0.1) is 5.82 Å². The number of carbonyl (C=O) groups is 2. The van der Waals surface area contributed by atoms with Crippen LogP contribution in [0.25, 0.3) is 0 Å². The normalized spacial score (nSPS) is 21.2. The number of hydrogen-bond acceptors (Lipinski definition) is 4. The highest BCUT2D eigenvalue weighted by Crippen LogP contribution is 2.19. The molecule has 1 aliphatic rings. The molecule has 2 rings (SSSR count). The van der Waals surface area contributed by atoms with Crippen molar-refractivity contribution in [1.82, 2.24) is 9.80 Å². The van der Waals surface area contributed by atoms with Crippen LogP contribution in [0.3, 0.4) is 0 Å². The second kappa shape index (κ2) is 7.72. The topological polar surface area (TPSA) is 70.1 Å². The second-order valence-electron chi connectivity index (χ2n) is 6.27. The van der Waals surface area contributed by atoms with E-state index in [1.807, 2.05) is 0 Å². The standard InChI is InChI=1S/C17H23FN2O4/c1-13(21)20-6-7-24-12-17(23,11-20)9-16(22)19(2)10-14-4-3-5-15(18)8-14/h3-5,8,23H,6-7,9-12H2,1-2H3/t17-/m0/s1. The van der Waals surface area contributed by atoms with Gasteiger partial charge in [-0.15, -0.1) is 0 Å². The maximum Gasteiger partial charge on any atom is 0.225 e. The smallest absolute Gasteiger partial charge is 0.225 e. The van der Waals surface area contributed by atoms with Crippen molar-refractivity contribution in [1.29, 1.82) is 0 Å². The third-order valence-electron chi connectivity index (χ3n) is 4.02. The molecule has 0 saturated carbocycles. The van der Waals surface area contributed by atoms with Crippen molar-refractivity contribution in [3.63, 3.8) is 0 Å². The number of aliphatic hydroxyl groups is 1. The molecular formula is C17H23FN2O4. The molecular weight excluding hydrogens is 315 g/mol. The molecule has 1 aliphatic heterocycles. The Hall–Kier alpha value is -1.99. The average molecular weight is 338 g/mol. The maximum atomic E-state index is 13.2. The summed E-state index contributed by atoms with van der Waals surface area (Å²) in [6.45, 7) is 2.44. The molecule has 1 saturated heterocycles. The fourth-order valence-electron chi connectivity index (χ4n) is 2.71. The minimum Gasteiger partial charge on any atom is -0.385 e. The van der Waals surface area contributed by atoms with Crippen molar-refractivity contribution < 1.29 is 23.8 Å². The van der Waals surface area contributed by atoms with Crippen LogP contribution >= 0.6 is 0 Å². The molecule has 0 unspecified atom stereocenters. The fraction of sp³-hybridized carbons (Fsp3) is 0.529. The van der Waals surface area contributed by atoms with Crippen molar-refractivity contribution in [2.24, 2.45) is 0 Å². The maximum absolute atomic E-state index is 13.2. The van der Waals surface area contributed by atoms with Crippen LogP contribution in [0.15, 0.2) is 24.3 Å². The van der Waals surface area contributed by atoms with Crippen molar-refractivity contribution >= 4 is 11.8 Å². The molecule has 2 amide bonds. The lowest BCUT2D eigenvalue weighted by molar-refractivity contribution is -0.141. The minimum atomic E-state index is -1.42. The summed E-state index contributed by atoms with van der Waals surface area (Å²) in [5, 5.41) is 10.7. The molecule has 0 aromatic heterocycles. The monoisotopic (exact) mass is 338 g/mol. The second-order valence-corrected chi connectivity index (χ2v) is 6.27. The molecule has 1 aromatic carbocycles. The van der Waals surface area contributed by atoms with Gasteiger partial charge in [0.2, 0.25) is 11.8 Å². The van der Waals surface area contributed by atoms with Crippen molar-refractivity contribution in [3.8, 4) is 0 Å². The summed E-state index contributed by atoms with van der Waals surface area (Å²) in [7, 11) is 1.59. The molecule has 1 aromatic rings. The predicted octanol–water partition coefficient (Wildman–Crippen LogP) is 0.784. The largest absolute Gasteiger partial charge is 0.385 e. The van der Waals surface area contributed by atoms with Crippen molar-refractivity contribution in [3.05, 3.63) is 35.6 Å². The van der Waals surface area contributed by atoms with Gasteiger partial charge in [0.15, 0.2) is 0 Å². The van der Waals surface area contributed by atoms with E-state index < -0.39 is 5.60 Å². The van der Waals surface area contributed by atoms with Crippen LogP contribution < -0.4 is 0 Å². The van der Waals surface area contributed by atoms with Crippen molar-refractivity contribution in [2.75, 3.05) is 33.4 Å². The quantitative estimate of drug-likeness (QED) is 0.881. The number of hydrogen-bond donors (Lipinski definition) is 1. The van der Waals surface area contributed by atoms with Gasteiger partial charge in [0, 0.05) is 27.1 Å². The minimum absolute atomic E-state index is 0.00365. The van der Waals surface area contributed by atoms with Gasteiger partial charge >= 0.3 is 0 Å². The number of rotatable bonds is 4. The molecule has 1 heterocycles. The third kappa shape index (κ3) is 5.01. The van der Waals surface area contributed by atoms with Gasteiger partial charge in [-0.1, -0.05) is 12.1 Å². The first kappa shape index (κ1) is 18.4. The lowest BCUT2D eigenvalue weighted by atomic mass is 9.99. The summed E-state index contributed by atoms with van der Waals surface area (Å²) in [6.07, 6.45) is -0.164. The molecule has 24 heavy (non-hydrogen) atoms. The highest BCUT2D eigenvalue weighted by molar-refractivity contribution is 5.77. The van der Waals surface area contributed by atoms with Gasteiger partial charge in [-0.05, 0) is 17.7 Å². The zero-order chi connectivity index (χ0) is 17.7. The van der Waals surface area contributed by atoms with E-state index in [2.05, 4.69) is 0 Å². The number of amides is 2. The molecule has 1 fully saturated rings. The Labute approximate surface area is 140 Å². The lowest BCUT2D eigenvalue weighted by Crippen LogP contribution is -2.48. The van der Waals surface area contributed by atoms with Crippen molar-refractivity contribution in [2.45, 2.75) is 25.5 Å². The summed E-state index contributed by atoms with van der Waals surface area (Å²) in [5.41, 5.74) is -0.754. The van der Waals surface area contributed by atoms with E-state index in [0.717, 1.165) is 0 Å². The number of nitrogens with zero attached hydrogens (tertiary/aromatic N) is 2. The van der Waals surface area contributed by atoms with E-state index in [0.29, 0.717) is 18.7 Å². The van der Waals surface area contributed by atoms with Crippen LogP contribution in [-0.4, -0.2) is 65.7 Å². The summed E-state index contributed by atoms with van der Waals surface area (Å²) >= 11 is 0.